The number of hydrogen-bond acceptors (Lipinski definition) is 5. The molecule has 1 aromatic rings. The van der Waals surface area contributed by atoms with Gasteiger partial charge >= 0.3 is 6.09 Å². The van der Waals surface area contributed by atoms with Crippen LogP contribution in [0, 0.1) is 23.2 Å². The second-order valence-corrected chi connectivity index (χ2v) is 8.43. The Labute approximate surface area is 177 Å². The van der Waals surface area contributed by atoms with Gasteiger partial charge in [-0.25, -0.2) is 4.79 Å². The quantitative estimate of drug-likeness (QED) is 0.555. The molecule has 0 saturated carbocycles. The molecule has 3 atom stereocenters. The Morgan fingerprint density at radius 3 is 2.79 bits per heavy atom. The molecule has 1 aliphatic carbocycles. The van der Waals surface area contributed by atoms with E-state index in [9.17, 15) is 14.9 Å². The molecule has 7 nitrogen and oxygen atoms in total. The first-order valence-corrected chi connectivity index (χ1v) is 10.4. The van der Waals surface area contributed by atoms with Crippen LogP contribution in [0.15, 0.2) is 32.9 Å². The number of hydrogen-bond donors (Lipinski definition) is 3. The van der Waals surface area contributed by atoms with Gasteiger partial charge in [0.25, 0.3) is 0 Å². The summed E-state index contributed by atoms with van der Waals surface area (Å²) in [4.78, 5) is 28.9. The normalized spacial score (nSPS) is 23.9. The van der Waals surface area contributed by atoms with Crippen molar-refractivity contribution in [2.24, 2.45) is 16.8 Å². The minimum absolute atomic E-state index is 0.0203. The van der Waals surface area contributed by atoms with Gasteiger partial charge in [-0.3, -0.25) is 15.1 Å². The topological polar surface area (TPSA) is 129 Å². The molecule has 4 N–H and O–H groups in total. The summed E-state index contributed by atoms with van der Waals surface area (Å²) in [5.41, 5.74) is 9.12. The number of carbonyl (C=O) groups is 2. The zero-order valence-electron chi connectivity index (χ0n) is 16.3. The third kappa shape index (κ3) is 4.06. The third-order valence-electron chi connectivity index (χ3n) is 5.56. The number of nitriles is 1. The van der Waals surface area contributed by atoms with Gasteiger partial charge in [0, 0.05) is 33.8 Å². The Balaban J connectivity index is 2.15. The van der Waals surface area contributed by atoms with Crippen LogP contribution in [0.1, 0.15) is 51.0 Å². The number of nitrogen functional groups attached to an aromatic ring is 1. The number of aliphatic imine (C=N–C) groups is 1. The van der Waals surface area contributed by atoms with Gasteiger partial charge in [0.2, 0.25) is 0 Å². The van der Waals surface area contributed by atoms with E-state index in [4.69, 9.17) is 10.8 Å². The lowest BCUT2D eigenvalue weighted by atomic mass is 9.70. The number of nitrogens with two attached hydrogens (primary N) is 1. The lowest BCUT2D eigenvalue weighted by molar-refractivity contribution is -0.117. The van der Waals surface area contributed by atoms with Gasteiger partial charge < -0.3 is 10.8 Å². The summed E-state index contributed by atoms with van der Waals surface area (Å²) in [7, 11) is 0. The number of benzene rings is 1. The number of carbonyl (C=O) groups excluding carboxylic acids is 1. The fraction of sp³-hybridized carbons (Fsp3) is 0.429. The first-order chi connectivity index (χ1) is 13.8. The van der Waals surface area contributed by atoms with E-state index in [0.717, 1.165) is 25.0 Å². The average Bonchev–Trinajstić information content (AvgIpc) is 2.64. The molecule has 8 heteroatoms. The molecule has 0 saturated heterocycles. The van der Waals surface area contributed by atoms with Crippen molar-refractivity contribution in [2.45, 2.75) is 45.4 Å². The van der Waals surface area contributed by atoms with Crippen molar-refractivity contribution in [3.05, 3.63) is 33.4 Å². The van der Waals surface area contributed by atoms with Crippen molar-refractivity contribution in [1.29, 1.82) is 5.26 Å². The molecule has 1 aromatic carbocycles. The lowest BCUT2D eigenvalue weighted by Gasteiger charge is -2.35. The number of nitrogens with zero attached hydrogens (tertiary/aromatic N) is 2. The molecular formula is C21H23BrN4O3. The zero-order valence-corrected chi connectivity index (χ0v) is 17.9. The van der Waals surface area contributed by atoms with E-state index in [1.54, 1.807) is 19.1 Å². The summed E-state index contributed by atoms with van der Waals surface area (Å²) >= 11 is 3.37. The first-order valence-electron chi connectivity index (χ1n) is 9.56. The summed E-state index contributed by atoms with van der Waals surface area (Å²) < 4.78 is 0.505. The van der Waals surface area contributed by atoms with Crippen LogP contribution < -0.4 is 11.1 Å². The van der Waals surface area contributed by atoms with Crippen LogP contribution in [-0.4, -0.2) is 22.7 Å². The molecule has 0 spiro atoms. The highest BCUT2D eigenvalue weighted by molar-refractivity contribution is 9.10. The smallest absolute Gasteiger partial charge is 0.409 e. The fourth-order valence-corrected chi connectivity index (χ4v) is 4.79. The summed E-state index contributed by atoms with van der Waals surface area (Å²) in [6.07, 6.45) is 1.89. The SMILES string of the molecule is CCCC1CC(=O)C2=C(C1)N=C(C)C(C#N)C2c1cc(Br)c(N)c(NC(=O)O)c1. The molecule has 0 bridgehead atoms. The average molecular weight is 459 g/mol. The molecule has 0 radical (unpaired) electrons. The molecule has 29 heavy (non-hydrogen) atoms. The molecule has 2 aliphatic rings. The van der Waals surface area contributed by atoms with Crippen LogP contribution >= 0.6 is 15.9 Å². The predicted molar refractivity (Wildman–Crippen MR) is 115 cm³/mol. The second kappa shape index (κ2) is 8.37. The van der Waals surface area contributed by atoms with E-state index in [0.29, 0.717) is 27.7 Å². The zero-order chi connectivity index (χ0) is 21.3. The lowest BCUT2D eigenvalue weighted by Crippen LogP contribution is -2.32. The van der Waals surface area contributed by atoms with Gasteiger partial charge in [-0.05, 0) is 59.3 Å². The van der Waals surface area contributed by atoms with Crippen molar-refractivity contribution in [3.63, 3.8) is 0 Å². The van der Waals surface area contributed by atoms with Crippen LogP contribution in [0.25, 0.3) is 0 Å². The van der Waals surface area contributed by atoms with Gasteiger partial charge in [-0.1, -0.05) is 13.3 Å². The van der Waals surface area contributed by atoms with Gasteiger partial charge in [0.15, 0.2) is 5.78 Å². The summed E-state index contributed by atoms with van der Waals surface area (Å²) in [5.74, 6) is -0.821. The second-order valence-electron chi connectivity index (χ2n) is 7.58. The molecule has 3 rings (SSSR count). The molecule has 0 fully saturated rings. The summed E-state index contributed by atoms with van der Waals surface area (Å²) in [6, 6.07) is 5.65. The number of nitrogens with one attached hydrogen (secondary N) is 1. The number of Topliss-reactive ketones (excluding diaryl/α,β-unsaturated/α-hetero) is 1. The minimum Gasteiger partial charge on any atom is -0.465 e. The molecule has 1 heterocycles. The Bertz CT molecular complexity index is 977. The number of amides is 1. The van der Waals surface area contributed by atoms with E-state index in [1.807, 2.05) is 0 Å². The molecule has 1 aliphatic heterocycles. The highest BCUT2D eigenvalue weighted by Crippen LogP contribution is 2.46. The minimum atomic E-state index is -1.24. The largest absolute Gasteiger partial charge is 0.465 e. The Morgan fingerprint density at radius 2 is 2.17 bits per heavy atom. The number of halogens is 1. The first kappa shape index (κ1) is 21.1. The van der Waals surface area contributed by atoms with Crippen molar-refractivity contribution >= 4 is 44.9 Å². The van der Waals surface area contributed by atoms with Gasteiger partial charge in [0.1, 0.15) is 0 Å². The highest BCUT2D eigenvalue weighted by atomic mass is 79.9. The van der Waals surface area contributed by atoms with Gasteiger partial charge in [-0.15, -0.1) is 0 Å². The van der Waals surface area contributed by atoms with Crippen molar-refractivity contribution in [1.82, 2.24) is 0 Å². The Morgan fingerprint density at radius 1 is 1.45 bits per heavy atom. The molecule has 0 aromatic heterocycles. The standard InChI is InChI=1S/C21H23BrN4O3/c1-3-4-11-5-15-19(17(27)6-11)18(13(9-23)10(2)25-15)12-7-14(22)20(24)16(8-12)26-21(28)29/h7-8,11,13,18,26H,3-6,24H2,1-2H3,(H,28,29). The van der Waals surface area contributed by atoms with Crippen LogP contribution in [0.2, 0.25) is 0 Å². The van der Waals surface area contributed by atoms with Gasteiger partial charge in [0.05, 0.1) is 23.4 Å². The maximum Gasteiger partial charge on any atom is 0.409 e. The van der Waals surface area contributed by atoms with Crippen LogP contribution in [-0.2, 0) is 4.79 Å². The third-order valence-corrected chi connectivity index (χ3v) is 6.22. The maximum absolute atomic E-state index is 13.1. The molecule has 152 valence electrons. The number of allylic oxidation sites excluding steroid dienone is 2. The maximum atomic E-state index is 13.1. The van der Waals surface area contributed by atoms with E-state index in [-0.39, 0.29) is 23.1 Å². The van der Waals surface area contributed by atoms with Crippen molar-refractivity contribution in [2.75, 3.05) is 11.1 Å². The van der Waals surface area contributed by atoms with Crippen molar-refractivity contribution < 1.29 is 14.7 Å². The monoisotopic (exact) mass is 458 g/mol. The summed E-state index contributed by atoms with van der Waals surface area (Å²) in [5, 5.41) is 21.2. The van der Waals surface area contributed by atoms with E-state index >= 15 is 0 Å². The highest BCUT2D eigenvalue weighted by Gasteiger charge is 2.41. The fourth-order valence-electron chi connectivity index (χ4n) is 4.31. The molecule has 3 unspecified atom stereocenters. The Hall–Kier alpha value is -2.66. The van der Waals surface area contributed by atoms with Crippen LogP contribution in [0.3, 0.4) is 0 Å². The van der Waals surface area contributed by atoms with E-state index < -0.39 is 17.9 Å². The summed E-state index contributed by atoms with van der Waals surface area (Å²) in [6.45, 7) is 3.91. The van der Waals surface area contributed by atoms with Crippen molar-refractivity contribution in [3.8, 4) is 6.07 Å². The molecule has 1 amide bonds. The van der Waals surface area contributed by atoms with Gasteiger partial charge in [-0.2, -0.15) is 5.26 Å². The number of anilines is 2. The Kier molecular flexibility index (Phi) is 6.08. The number of carboxylic acid groups (broad SMARTS) is 1. The molecular weight excluding hydrogens is 436 g/mol. The number of ketones is 1. The predicted octanol–water partition coefficient (Wildman–Crippen LogP) is 4.85. The van der Waals surface area contributed by atoms with Crippen LogP contribution in [0.4, 0.5) is 16.2 Å². The van der Waals surface area contributed by atoms with Crippen LogP contribution in [0.5, 0.6) is 0 Å². The van der Waals surface area contributed by atoms with E-state index in [1.165, 1.54) is 0 Å². The van der Waals surface area contributed by atoms with E-state index in [2.05, 4.69) is 39.2 Å². The number of rotatable bonds is 4.